The van der Waals surface area contributed by atoms with Crippen LogP contribution in [0.3, 0.4) is 0 Å². The van der Waals surface area contributed by atoms with Crippen LogP contribution in [0.5, 0.6) is 0 Å². The molecule has 0 saturated carbocycles. The van der Waals surface area contributed by atoms with E-state index in [4.69, 9.17) is 0 Å². The smallest absolute Gasteiger partial charge is 0.0505 e. The van der Waals surface area contributed by atoms with Gasteiger partial charge in [-0.2, -0.15) is 0 Å². The van der Waals surface area contributed by atoms with Crippen LogP contribution in [0.25, 0.3) is 0 Å². The summed E-state index contributed by atoms with van der Waals surface area (Å²) in [6.45, 7) is 9.30. The number of anilines is 3. The standard InChI is InChI=1S/C24H25N/c1-17(2)19-13-10-16-22-23(19)24(3,4)20-14-8-9-15-21(20)25(22)18-11-6-5-7-12-18/h5-17H,1-4H3. The highest BCUT2D eigenvalue weighted by atomic mass is 15.2. The van der Waals surface area contributed by atoms with E-state index in [9.17, 15) is 0 Å². The minimum absolute atomic E-state index is 0.0158. The minimum Gasteiger partial charge on any atom is -0.310 e. The Bertz CT molecular complexity index is 906. The lowest BCUT2D eigenvalue weighted by Crippen LogP contribution is -2.32. The molecule has 0 unspecified atom stereocenters. The first-order chi connectivity index (χ1) is 12.0. The topological polar surface area (TPSA) is 3.24 Å². The summed E-state index contributed by atoms with van der Waals surface area (Å²) in [7, 11) is 0. The Morgan fingerprint density at radius 3 is 2.08 bits per heavy atom. The van der Waals surface area contributed by atoms with Crippen LogP contribution >= 0.6 is 0 Å². The Hall–Kier alpha value is -2.54. The molecule has 4 rings (SSSR count). The molecular formula is C24H25N. The Labute approximate surface area is 150 Å². The van der Waals surface area contributed by atoms with Crippen LogP contribution in [-0.4, -0.2) is 0 Å². The zero-order valence-corrected chi connectivity index (χ0v) is 15.5. The van der Waals surface area contributed by atoms with Crippen LogP contribution in [0.4, 0.5) is 17.1 Å². The third-order valence-corrected chi connectivity index (χ3v) is 5.40. The molecule has 0 atom stereocenters. The predicted octanol–water partition coefficient (Wildman–Crippen LogP) is 6.92. The first-order valence-electron chi connectivity index (χ1n) is 9.10. The fourth-order valence-electron chi connectivity index (χ4n) is 4.22. The Balaban J connectivity index is 2.08. The lowest BCUT2D eigenvalue weighted by molar-refractivity contribution is 0.615. The zero-order valence-electron chi connectivity index (χ0n) is 15.5. The van der Waals surface area contributed by atoms with Crippen molar-refractivity contribution in [2.24, 2.45) is 0 Å². The van der Waals surface area contributed by atoms with Crippen molar-refractivity contribution in [2.75, 3.05) is 4.90 Å². The van der Waals surface area contributed by atoms with Crippen molar-refractivity contribution in [2.45, 2.75) is 39.0 Å². The van der Waals surface area contributed by atoms with E-state index in [1.165, 1.54) is 33.8 Å². The third kappa shape index (κ3) is 2.38. The van der Waals surface area contributed by atoms with Gasteiger partial charge >= 0.3 is 0 Å². The van der Waals surface area contributed by atoms with Gasteiger partial charge in [-0.25, -0.2) is 0 Å². The van der Waals surface area contributed by atoms with Gasteiger partial charge in [0.05, 0.1) is 11.4 Å². The van der Waals surface area contributed by atoms with Crippen LogP contribution in [0.15, 0.2) is 72.8 Å². The third-order valence-electron chi connectivity index (χ3n) is 5.40. The second kappa shape index (κ2) is 5.77. The quantitative estimate of drug-likeness (QED) is 0.494. The predicted molar refractivity (Wildman–Crippen MR) is 107 cm³/mol. The first kappa shape index (κ1) is 16.0. The van der Waals surface area contributed by atoms with Crippen molar-refractivity contribution >= 4 is 17.1 Å². The SMILES string of the molecule is CC(C)c1cccc2c1C(C)(C)c1ccccc1N2c1ccccc1. The van der Waals surface area contributed by atoms with E-state index in [0.717, 1.165) is 0 Å². The fourth-order valence-corrected chi connectivity index (χ4v) is 4.22. The molecule has 1 heteroatoms. The van der Waals surface area contributed by atoms with Gasteiger partial charge in [-0.3, -0.25) is 0 Å². The van der Waals surface area contributed by atoms with Gasteiger partial charge < -0.3 is 4.90 Å². The van der Waals surface area contributed by atoms with Crippen molar-refractivity contribution < 1.29 is 0 Å². The molecule has 0 N–H and O–H groups in total. The molecule has 0 spiro atoms. The lowest BCUT2D eigenvalue weighted by Gasteiger charge is -2.43. The number of benzene rings is 3. The highest BCUT2D eigenvalue weighted by Crippen LogP contribution is 2.53. The van der Waals surface area contributed by atoms with E-state index in [2.05, 4.69) is 105 Å². The van der Waals surface area contributed by atoms with Crippen molar-refractivity contribution in [1.82, 2.24) is 0 Å². The Morgan fingerprint density at radius 1 is 0.720 bits per heavy atom. The number of hydrogen-bond donors (Lipinski definition) is 0. The zero-order chi connectivity index (χ0) is 17.6. The first-order valence-corrected chi connectivity index (χ1v) is 9.10. The summed E-state index contributed by atoms with van der Waals surface area (Å²) in [6, 6.07) is 26.3. The molecule has 3 aromatic rings. The number of fused-ring (bicyclic) bond motifs is 2. The van der Waals surface area contributed by atoms with Gasteiger partial charge in [0.2, 0.25) is 0 Å². The summed E-state index contributed by atoms with van der Waals surface area (Å²) in [5.41, 5.74) is 8.07. The van der Waals surface area contributed by atoms with Crippen LogP contribution in [0, 0.1) is 0 Å². The van der Waals surface area contributed by atoms with E-state index in [1.807, 2.05) is 0 Å². The maximum atomic E-state index is 2.42. The van der Waals surface area contributed by atoms with Crippen LogP contribution in [-0.2, 0) is 5.41 Å². The molecule has 1 nitrogen and oxygen atoms in total. The molecule has 0 radical (unpaired) electrons. The van der Waals surface area contributed by atoms with Crippen LogP contribution in [0.2, 0.25) is 0 Å². The molecule has 3 aromatic carbocycles. The van der Waals surface area contributed by atoms with Gasteiger partial charge in [0.1, 0.15) is 0 Å². The van der Waals surface area contributed by atoms with Gasteiger partial charge in [-0.05, 0) is 46.9 Å². The maximum absolute atomic E-state index is 2.42. The summed E-state index contributed by atoms with van der Waals surface area (Å²) in [4.78, 5) is 2.42. The summed E-state index contributed by atoms with van der Waals surface area (Å²) in [5, 5.41) is 0. The molecular weight excluding hydrogens is 302 g/mol. The van der Waals surface area contributed by atoms with Crippen molar-refractivity contribution in [1.29, 1.82) is 0 Å². The van der Waals surface area contributed by atoms with E-state index >= 15 is 0 Å². The molecule has 0 bridgehead atoms. The van der Waals surface area contributed by atoms with Crippen LogP contribution in [0.1, 0.15) is 50.3 Å². The molecule has 0 amide bonds. The van der Waals surface area contributed by atoms with E-state index in [1.54, 1.807) is 0 Å². The summed E-state index contributed by atoms with van der Waals surface area (Å²) in [6.07, 6.45) is 0. The van der Waals surface area contributed by atoms with E-state index in [-0.39, 0.29) is 5.41 Å². The van der Waals surface area contributed by atoms with Gasteiger partial charge in [0.25, 0.3) is 0 Å². The number of nitrogens with zero attached hydrogens (tertiary/aromatic N) is 1. The van der Waals surface area contributed by atoms with Gasteiger partial charge in [0.15, 0.2) is 0 Å². The van der Waals surface area contributed by atoms with Crippen LogP contribution < -0.4 is 4.90 Å². The van der Waals surface area contributed by atoms with Crippen molar-refractivity contribution in [3.63, 3.8) is 0 Å². The second-order valence-electron chi connectivity index (χ2n) is 7.71. The molecule has 0 saturated heterocycles. The Morgan fingerprint density at radius 2 is 1.36 bits per heavy atom. The largest absolute Gasteiger partial charge is 0.310 e. The average molecular weight is 327 g/mol. The molecule has 0 fully saturated rings. The Kier molecular flexibility index (Phi) is 3.68. The van der Waals surface area contributed by atoms with Crippen molar-refractivity contribution in [3.8, 4) is 0 Å². The molecule has 25 heavy (non-hydrogen) atoms. The molecule has 1 heterocycles. The van der Waals surface area contributed by atoms with Gasteiger partial charge in [-0.15, -0.1) is 0 Å². The highest BCUT2D eigenvalue weighted by molar-refractivity contribution is 5.86. The number of para-hydroxylation sites is 2. The van der Waals surface area contributed by atoms with Gasteiger partial charge in [-0.1, -0.05) is 76.2 Å². The molecule has 0 aromatic heterocycles. The highest BCUT2D eigenvalue weighted by Gasteiger charge is 2.38. The monoisotopic (exact) mass is 327 g/mol. The average Bonchev–Trinajstić information content (AvgIpc) is 2.62. The molecule has 126 valence electrons. The van der Waals surface area contributed by atoms with E-state index in [0.29, 0.717) is 5.92 Å². The van der Waals surface area contributed by atoms with E-state index < -0.39 is 0 Å². The maximum Gasteiger partial charge on any atom is 0.0505 e. The lowest BCUT2D eigenvalue weighted by atomic mass is 9.70. The fraction of sp³-hybridized carbons (Fsp3) is 0.250. The molecule has 1 aliphatic rings. The number of hydrogen-bond acceptors (Lipinski definition) is 1. The molecule has 0 aliphatic carbocycles. The summed E-state index contributed by atoms with van der Waals surface area (Å²) < 4.78 is 0. The van der Waals surface area contributed by atoms with Gasteiger partial charge in [0, 0.05) is 11.1 Å². The minimum atomic E-state index is -0.0158. The van der Waals surface area contributed by atoms with Crippen molar-refractivity contribution in [3.05, 3.63) is 89.5 Å². The normalized spacial score (nSPS) is 15.0. The number of rotatable bonds is 2. The molecule has 1 aliphatic heterocycles. The second-order valence-corrected chi connectivity index (χ2v) is 7.71. The summed E-state index contributed by atoms with van der Waals surface area (Å²) >= 11 is 0. The summed E-state index contributed by atoms with van der Waals surface area (Å²) in [5.74, 6) is 0.497.